The molecule has 27 heavy (non-hydrogen) atoms. The molecule has 3 rings (SSSR count). The standard InChI is InChI=1S/C22H26N2O3/c1-4-14(2)13-27-16-9-10-17(15(3)11-16)20(23)12-24-21(25)18-7-5-6-8-19(18)22(24)26/h5-11,14,20H,4,12-13,23H2,1-3H3/t14-,20-/m0/s1. The van der Waals surface area contributed by atoms with Crippen molar-refractivity contribution in [1.29, 1.82) is 0 Å². The Balaban J connectivity index is 1.71. The van der Waals surface area contributed by atoms with Crippen molar-refractivity contribution in [2.24, 2.45) is 11.7 Å². The van der Waals surface area contributed by atoms with Gasteiger partial charge in [0, 0.05) is 12.6 Å². The third-order valence-electron chi connectivity index (χ3n) is 5.13. The Hall–Kier alpha value is -2.66. The summed E-state index contributed by atoms with van der Waals surface area (Å²) >= 11 is 0. The number of ether oxygens (including phenoxy) is 1. The zero-order chi connectivity index (χ0) is 19.6. The third kappa shape index (κ3) is 3.88. The van der Waals surface area contributed by atoms with E-state index in [1.165, 1.54) is 4.90 Å². The number of benzene rings is 2. The summed E-state index contributed by atoms with van der Waals surface area (Å²) in [5.41, 5.74) is 9.12. The van der Waals surface area contributed by atoms with E-state index in [2.05, 4.69) is 13.8 Å². The van der Waals surface area contributed by atoms with E-state index in [-0.39, 0.29) is 18.4 Å². The highest BCUT2D eigenvalue weighted by Gasteiger charge is 2.36. The molecule has 0 aromatic heterocycles. The SMILES string of the molecule is CC[C@H](C)COc1ccc([C@@H](N)CN2C(=O)c3ccccc3C2=O)c(C)c1. The maximum absolute atomic E-state index is 12.5. The molecule has 0 unspecified atom stereocenters. The van der Waals surface area contributed by atoms with Crippen LogP contribution in [0.2, 0.25) is 0 Å². The first-order valence-corrected chi connectivity index (χ1v) is 9.36. The summed E-state index contributed by atoms with van der Waals surface area (Å²) in [5, 5.41) is 0. The van der Waals surface area contributed by atoms with Gasteiger partial charge in [0.15, 0.2) is 0 Å². The fourth-order valence-electron chi connectivity index (χ4n) is 3.21. The highest BCUT2D eigenvalue weighted by atomic mass is 16.5. The number of rotatable bonds is 7. The molecular weight excluding hydrogens is 340 g/mol. The number of aryl methyl sites for hydroxylation is 1. The first-order valence-electron chi connectivity index (χ1n) is 9.36. The molecule has 2 amide bonds. The minimum Gasteiger partial charge on any atom is -0.493 e. The van der Waals surface area contributed by atoms with Crippen molar-refractivity contribution in [3.63, 3.8) is 0 Å². The third-order valence-corrected chi connectivity index (χ3v) is 5.13. The maximum atomic E-state index is 12.5. The Morgan fingerprint density at radius 2 is 1.70 bits per heavy atom. The molecule has 5 heteroatoms. The Labute approximate surface area is 160 Å². The molecule has 0 saturated heterocycles. The number of amides is 2. The van der Waals surface area contributed by atoms with Gasteiger partial charge in [-0.2, -0.15) is 0 Å². The lowest BCUT2D eigenvalue weighted by Crippen LogP contribution is -2.36. The van der Waals surface area contributed by atoms with Crippen molar-refractivity contribution in [3.05, 3.63) is 64.7 Å². The molecule has 142 valence electrons. The van der Waals surface area contributed by atoms with Crippen LogP contribution >= 0.6 is 0 Å². The van der Waals surface area contributed by atoms with Crippen LogP contribution < -0.4 is 10.5 Å². The second kappa shape index (κ2) is 7.92. The van der Waals surface area contributed by atoms with E-state index >= 15 is 0 Å². The summed E-state index contributed by atoms with van der Waals surface area (Å²) in [4.78, 5) is 26.3. The van der Waals surface area contributed by atoms with Gasteiger partial charge in [0.25, 0.3) is 11.8 Å². The second-order valence-corrected chi connectivity index (χ2v) is 7.22. The molecule has 0 radical (unpaired) electrons. The molecule has 0 spiro atoms. The lowest BCUT2D eigenvalue weighted by atomic mass is 10.0. The number of hydrogen-bond acceptors (Lipinski definition) is 4. The average Bonchev–Trinajstić information content (AvgIpc) is 2.91. The van der Waals surface area contributed by atoms with E-state index < -0.39 is 6.04 Å². The van der Waals surface area contributed by atoms with Gasteiger partial charge in [-0.1, -0.05) is 38.5 Å². The lowest BCUT2D eigenvalue weighted by Gasteiger charge is -2.21. The van der Waals surface area contributed by atoms with Crippen molar-refractivity contribution in [3.8, 4) is 5.75 Å². The van der Waals surface area contributed by atoms with Gasteiger partial charge in [0.05, 0.1) is 17.7 Å². The van der Waals surface area contributed by atoms with Gasteiger partial charge >= 0.3 is 0 Å². The molecule has 1 aliphatic heterocycles. The molecule has 2 atom stereocenters. The first kappa shape index (κ1) is 19.1. The van der Waals surface area contributed by atoms with E-state index in [0.717, 1.165) is 23.3 Å². The van der Waals surface area contributed by atoms with Crippen molar-refractivity contribution in [2.45, 2.75) is 33.2 Å². The van der Waals surface area contributed by atoms with Gasteiger partial charge < -0.3 is 10.5 Å². The Bertz CT molecular complexity index is 827. The predicted molar refractivity (Wildman–Crippen MR) is 105 cm³/mol. The molecule has 0 saturated carbocycles. The van der Waals surface area contributed by atoms with Crippen LogP contribution in [-0.2, 0) is 0 Å². The molecule has 2 aromatic carbocycles. The van der Waals surface area contributed by atoms with Gasteiger partial charge in [-0.05, 0) is 48.2 Å². The van der Waals surface area contributed by atoms with Gasteiger partial charge in [-0.15, -0.1) is 0 Å². The number of fused-ring (bicyclic) bond motifs is 1. The second-order valence-electron chi connectivity index (χ2n) is 7.22. The van der Waals surface area contributed by atoms with E-state index in [4.69, 9.17) is 10.5 Å². The molecule has 1 heterocycles. The lowest BCUT2D eigenvalue weighted by molar-refractivity contribution is 0.0644. The summed E-state index contributed by atoms with van der Waals surface area (Å²) in [6.45, 7) is 7.09. The average molecular weight is 366 g/mol. The highest BCUT2D eigenvalue weighted by Crippen LogP contribution is 2.27. The minimum absolute atomic E-state index is 0.153. The normalized spacial score (nSPS) is 15.6. The van der Waals surface area contributed by atoms with Crippen LogP contribution in [0.25, 0.3) is 0 Å². The zero-order valence-corrected chi connectivity index (χ0v) is 16.1. The Morgan fingerprint density at radius 3 is 2.26 bits per heavy atom. The molecule has 2 N–H and O–H groups in total. The molecule has 0 aliphatic carbocycles. The smallest absolute Gasteiger partial charge is 0.261 e. The van der Waals surface area contributed by atoms with E-state index in [1.807, 2.05) is 25.1 Å². The van der Waals surface area contributed by atoms with Gasteiger partial charge in [-0.3, -0.25) is 14.5 Å². The van der Waals surface area contributed by atoms with Gasteiger partial charge in [0.2, 0.25) is 0 Å². The van der Waals surface area contributed by atoms with Crippen LogP contribution in [0.15, 0.2) is 42.5 Å². The largest absolute Gasteiger partial charge is 0.493 e. The summed E-state index contributed by atoms with van der Waals surface area (Å²) < 4.78 is 5.82. The quantitative estimate of drug-likeness (QED) is 0.758. The molecular formula is C22H26N2O3. The van der Waals surface area contributed by atoms with Crippen molar-refractivity contribution < 1.29 is 14.3 Å². The minimum atomic E-state index is -0.448. The molecule has 1 aliphatic rings. The number of carbonyl (C=O) groups is 2. The maximum Gasteiger partial charge on any atom is 0.261 e. The van der Waals surface area contributed by atoms with E-state index in [0.29, 0.717) is 23.7 Å². The number of carbonyl (C=O) groups excluding carboxylic acids is 2. The highest BCUT2D eigenvalue weighted by molar-refractivity contribution is 6.21. The van der Waals surface area contributed by atoms with Crippen LogP contribution in [0, 0.1) is 12.8 Å². The van der Waals surface area contributed by atoms with Crippen LogP contribution in [0.1, 0.15) is 58.2 Å². The molecule has 5 nitrogen and oxygen atoms in total. The van der Waals surface area contributed by atoms with Gasteiger partial charge in [-0.25, -0.2) is 0 Å². The number of nitrogens with two attached hydrogens (primary N) is 1. The molecule has 0 bridgehead atoms. The van der Waals surface area contributed by atoms with Crippen LogP contribution in [0.5, 0.6) is 5.75 Å². The summed E-state index contributed by atoms with van der Waals surface area (Å²) in [7, 11) is 0. The van der Waals surface area contributed by atoms with Crippen molar-refractivity contribution >= 4 is 11.8 Å². The van der Waals surface area contributed by atoms with Crippen LogP contribution in [0.3, 0.4) is 0 Å². The van der Waals surface area contributed by atoms with Crippen molar-refractivity contribution in [2.75, 3.05) is 13.2 Å². The molecule has 2 aromatic rings. The Morgan fingerprint density at radius 1 is 1.07 bits per heavy atom. The first-order chi connectivity index (χ1) is 12.9. The summed E-state index contributed by atoms with van der Waals surface area (Å²) in [6.07, 6.45) is 1.07. The van der Waals surface area contributed by atoms with E-state index in [9.17, 15) is 9.59 Å². The zero-order valence-electron chi connectivity index (χ0n) is 16.1. The molecule has 0 fully saturated rings. The topological polar surface area (TPSA) is 72.6 Å². The van der Waals surface area contributed by atoms with Crippen LogP contribution in [-0.4, -0.2) is 29.9 Å². The van der Waals surface area contributed by atoms with Gasteiger partial charge in [0.1, 0.15) is 5.75 Å². The summed E-state index contributed by atoms with van der Waals surface area (Å²) in [6, 6.07) is 12.2. The number of nitrogens with zero attached hydrogens (tertiary/aromatic N) is 1. The van der Waals surface area contributed by atoms with Crippen molar-refractivity contribution in [1.82, 2.24) is 4.90 Å². The fraction of sp³-hybridized carbons (Fsp3) is 0.364. The predicted octanol–water partition coefficient (Wildman–Crippen LogP) is 3.72. The number of hydrogen-bond donors (Lipinski definition) is 1. The number of imide groups is 1. The van der Waals surface area contributed by atoms with Crippen LogP contribution in [0.4, 0.5) is 0 Å². The monoisotopic (exact) mass is 366 g/mol. The fourth-order valence-corrected chi connectivity index (χ4v) is 3.21. The van der Waals surface area contributed by atoms with E-state index in [1.54, 1.807) is 24.3 Å². The Kier molecular flexibility index (Phi) is 5.61. The summed E-state index contributed by atoms with van der Waals surface area (Å²) in [5.74, 6) is 0.750.